The lowest BCUT2D eigenvalue weighted by atomic mass is 9.87. The van der Waals surface area contributed by atoms with E-state index in [1.54, 1.807) is 97.1 Å². The molecule has 0 radical (unpaired) electrons. The minimum Gasteiger partial charge on any atom is -0.508 e. The second-order valence-electron chi connectivity index (χ2n) is 34.2. The van der Waals surface area contributed by atoms with Gasteiger partial charge in [-0.15, -0.1) is 0 Å². The Hall–Kier alpha value is -12.8. The van der Waals surface area contributed by atoms with Crippen molar-refractivity contribution in [2.45, 2.75) is 134 Å². The zero-order valence-electron chi connectivity index (χ0n) is 74.5. The van der Waals surface area contributed by atoms with Gasteiger partial charge in [0.15, 0.2) is 34.8 Å². The van der Waals surface area contributed by atoms with Crippen molar-refractivity contribution in [3.05, 3.63) is 358 Å². The first kappa shape index (κ1) is 106. The van der Waals surface area contributed by atoms with Gasteiger partial charge in [-0.3, -0.25) is 28.3 Å². The average Bonchev–Trinajstić information content (AvgIpc) is 0.771. The summed E-state index contributed by atoms with van der Waals surface area (Å²) in [6, 6.07) is 74.0. The molecule has 135 heavy (non-hydrogen) atoms. The summed E-state index contributed by atoms with van der Waals surface area (Å²) in [5, 5.41) is 57.2. The highest BCUT2D eigenvalue weighted by Gasteiger charge is 2.26. The van der Waals surface area contributed by atoms with Gasteiger partial charge < -0.3 is 30.6 Å². The summed E-state index contributed by atoms with van der Waals surface area (Å²) in [4.78, 5) is 0.505. The van der Waals surface area contributed by atoms with Crippen molar-refractivity contribution in [2.24, 2.45) is 0 Å². The van der Waals surface area contributed by atoms with Gasteiger partial charge >= 0.3 is 0 Å². The molecule has 14 aromatic rings. The van der Waals surface area contributed by atoms with E-state index in [0.29, 0.717) is 5.69 Å². The molecule has 712 valence electrons. The Morgan fingerprint density at radius 1 is 0.237 bits per heavy atom. The van der Waals surface area contributed by atoms with Crippen LogP contribution in [0.25, 0.3) is 21.9 Å². The first-order valence-corrected chi connectivity index (χ1v) is 50.6. The van der Waals surface area contributed by atoms with Gasteiger partial charge in [0.25, 0.3) is 60.1 Å². The molecule has 0 fully saturated rings. The number of benzene rings is 14. The lowest BCUT2D eigenvalue weighted by Crippen LogP contribution is -2.15. The van der Waals surface area contributed by atoms with Crippen LogP contribution in [-0.2, 0) is 81.8 Å². The van der Waals surface area contributed by atoms with Crippen molar-refractivity contribution in [2.75, 3.05) is 28.3 Å². The highest BCUT2D eigenvalue weighted by Crippen LogP contribution is 2.38. The van der Waals surface area contributed by atoms with Crippen molar-refractivity contribution in [3.63, 3.8) is 0 Å². The van der Waals surface area contributed by atoms with E-state index in [4.69, 9.17) is 50.1 Å². The number of hydrogen-bond donors (Lipinski definition) is 12. The van der Waals surface area contributed by atoms with Crippen LogP contribution in [-0.4, -0.2) is 81.1 Å². The van der Waals surface area contributed by atoms with Crippen LogP contribution in [0.15, 0.2) is 327 Å². The molecule has 0 aliphatic rings. The minimum atomic E-state index is -3.92. The number of sulfonamides is 6. The Kier molecular flexibility index (Phi) is 34.0. The van der Waals surface area contributed by atoms with Crippen LogP contribution in [0.1, 0.15) is 105 Å². The molecule has 0 amide bonds. The van der Waals surface area contributed by atoms with Gasteiger partial charge in [-0.25, -0.2) is 68.1 Å². The maximum Gasteiger partial charge on any atom is 0.262 e. The molecule has 14 aromatic carbocycles. The standard InChI is InChI=1S/C18H14FNO3S.C16H17Cl2NO3S.C16H18ClNO3S.C16H12FNO3S.2C16H18FNO3S/c19-17-12-15(21)8-11-18(17)20-24(22,23)16-9-6-14(7-10-16)13-4-2-1-3-5-13;1-16(2,3)10-4-6-12(7-5-10)23(21,22)19-11-8-13(17)15(20)14(18)9-11;1-16(2,3)11-4-7-13(8-5-11)22(20,21)18-12-6-9-15(19)14(17)10-12;17-15-10-13(19)6-8-16(15)18-22(20,21)14-7-5-11-3-1-2-4-12(11)9-14;1-16(2,3)11-4-7-13(8-5-11)22(20,21)18-15-9-6-12(19)10-14(15)17;1-16(2,3)11-4-7-13(8-5-11)22(20,21)18-12-6-9-15(19)14(17)10-12/h1-12,20-21H;4-9,19-20H,1-3H3;4-10,18-19H,1-3H3;1-10,18-19H;2*4-10,18-19H,1-3H3. The van der Waals surface area contributed by atoms with Crippen molar-refractivity contribution in [1.82, 2.24) is 0 Å². The summed E-state index contributed by atoms with van der Waals surface area (Å²) < 4.78 is 216. The van der Waals surface area contributed by atoms with Crippen LogP contribution in [0.3, 0.4) is 0 Å². The van der Waals surface area contributed by atoms with E-state index in [-0.39, 0.29) is 123 Å². The third-order valence-electron chi connectivity index (χ3n) is 19.7. The molecule has 0 heterocycles. The number of phenols is 6. The van der Waals surface area contributed by atoms with Gasteiger partial charge in [0.05, 0.1) is 78.6 Å². The number of fused-ring (bicyclic) bond motifs is 1. The van der Waals surface area contributed by atoms with Gasteiger partial charge in [0, 0.05) is 24.3 Å². The quantitative estimate of drug-likeness (QED) is 0.0264. The Labute approximate surface area is 798 Å². The van der Waals surface area contributed by atoms with Gasteiger partial charge in [-0.2, -0.15) is 0 Å². The maximum atomic E-state index is 13.7. The first-order chi connectivity index (χ1) is 62.7. The molecule has 0 aromatic heterocycles. The van der Waals surface area contributed by atoms with E-state index in [2.05, 4.69) is 69.9 Å². The van der Waals surface area contributed by atoms with E-state index >= 15 is 0 Å². The fourth-order valence-electron chi connectivity index (χ4n) is 12.1. The molecule has 0 bridgehead atoms. The van der Waals surface area contributed by atoms with Crippen LogP contribution in [0.5, 0.6) is 34.5 Å². The van der Waals surface area contributed by atoms with Crippen molar-refractivity contribution < 1.29 is 98.7 Å². The molecule has 12 N–H and O–H groups in total. The fraction of sp³-hybridized carbons (Fsp3) is 0.163. The van der Waals surface area contributed by atoms with Crippen LogP contribution in [0, 0.1) is 23.3 Å². The molecule has 14 rings (SSSR count). The van der Waals surface area contributed by atoms with Gasteiger partial charge in [0.1, 0.15) is 23.0 Å². The second kappa shape index (κ2) is 43.3. The van der Waals surface area contributed by atoms with E-state index in [1.807, 2.05) is 90.1 Å². The Morgan fingerprint density at radius 3 is 0.837 bits per heavy atom. The van der Waals surface area contributed by atoms with E-state index < -0.39 is 89.2 Å². The molecule has 0 spiro atoms. The summed E-state index contributed by atoms with van der Waals surface area (Å²) in [7, 11) is -23.0. The second-order valence-corrected chi connectivity index (χ2v) is 45.6. The number of anilines is 6. The molecule has 0 aliphatic heterocycles. The predicted molar refractivity (Wildman–Crippen MR) is 525 cm³/mol. The van der Waals surface area contributed by atoms with E-state index in [1.165, 1.54) is 121 Å². The molecule has 0 unspecified atom stereocenters. The van der Waals surface area contributed by atoms with Gasteiger partial charge in [-0.05, 0) is 217 Å². The van der Waals surface area contributed by atoms with Gasteiger partial charge in [0.2, 0.25) is 0 Å². The molecule has 0 aliphatic carbocycles. The smallest absolute Gasteiger partial charge is 0.262 e. The monoisotopic (exact) mass is 2020 g/mol. The Balaban J connectivity index is 0.000000182. The number of hydrogen-bond acceptors (Lipinski definition) is 18. The predicted octanol–water partition coefficient (Wildman–Crippen LogP) is 23.7. The fourth-order valence-corrected chi connectivity index (χ4v) is 19.2. The third kappa shape index (κ3) is 29.9. The zero-order chi connectivity index (χ0) is 99.9. The van der Waals surface area contributed by atoms with Crippen LogP contribution in [0.2, 0.25) is 15.1 Å². The van der Waals surface area contributed by atoms with E-state index in [0.717, 1.165) is 74.5 Å². The minimum absolute atomic E-state index is 0.0228. The summed E-state index contributed by atoms with van der Waals surface area (Å²) in [5.74, 6) is -5.15. The number of rotatable bonds is 19. The number of phenolic OH excluding ortho intramolecular Hbond substituents is 6. The molecular formula is C98H97Cl3F4N6O18S6. The molecule has 0 saturated carbocycles. The molecule has 0 atom stereocenters. The summed E-state index contributed by atoms with van der Waals surface area (Å²) >= 11 is 17.4. The number of halogens is 7. The lowest BCUT2D eigenvalue weighted by Gasteiger charge is -2.19. The highest BCUT2D eigenvalue weighted by atomic mass is 35.5. The summed E-state index contributed by atoms with van der Waals surface area (Å²) in [6.45, 7) is 24.5. The van der Waals surface area contributed by atoms with Crippen LogP contribution in [0.4, 0.5) is 51.7 Å². The Morgan fingerprint density at radius 2 is 0.511 bits per heavy atom. The Bertz CT molecular complexity index is 7180. The van der Waals surface area contributed by atoms with Crippen molar-refractivity contribution in [3.8, 4) is 45.6 Å². The number of aromatic hydroxyl groups is 6. The molecule has 37 heteroatoms. The zero-order valence-corrected chi connectivity index (χ0v) is 81.6. The summed E-state index contributed by atoms with van der Waals surface area (Å²) in [6.07, 6.45) is 0. The largest absolute Gasteiger partial charge is 0.508 e. The maximum absolute atomic E-state index is 13.7. The molecule has 24 nitrogen and oxygen atoms in total. The van der Waals surface area contributed by atoms with Crippen LogP contribution >= 0.6 is 34.8 Å². The van der Waals surface area contributed by atoms with Crippen LogP contribution < -0.4 is 28.3 Å². The topological polar surface area (TPSA) is 398 Å². The highest BCUT2D eigenvalue weighted by molar-refractivity contribution is 7.94. The van der Waals surface area contributed by atoms with E-state index in [9.17, 15) is 83.4 Å². The normalized spacial score (nSPS) is 11.9. The molecular weight excluding hydrogens is 1920 g/mol. The van der Waals surface area contributed by atoms with Crippen molar-refractivity contribution in [1.29, 1.82) is 0 Å². The first-order valence-electron chi connectivity index (χ1n) is 40.5. The third-order valence-corrected chi connectivity index (χ3v) is 28.9. The van der Waals surface area contributed by atoms with Gasteiger partial charge in [-0.1, -0.05) is 239 Å². The molecule has 0 saturated heterocycles. The SMILES string of the molecule is CC(C)(C)c1ccc(S(=O)(=O)Nc2cc(Cl)c(O)c(Cl)c2)cc1.CC(C)(C)c1ccc(S(=O)(=O)Nc2ccc(O)c(Cl)c2)cc1.CC(C)(C)c1ccc(S(=O)(=O)Nc2ccc(O)c(F)c2)cc1.CC(C)(C)c1ccc(S(=O)(=O)Nc2ccc(O)cc2F)cc1.O=S(=O)(Nc1ccc(O)cc1F)c1ccc(-c2ccccc2)cc1.O=S(=O)(Nc1ccc(O)cc1F)c1ccc2ccccc2c1. The number of nitrogens with one attached hydrogen (secondary N) is 6. The summed E-state index contributed by atoms with van der Waals surface area (Å²) in [5.41, 5.74) is 5.57. The lowest BCUT2D eigenvalue weighted by molar-refractivity contribution is 0.432. The average molecular weight is 2020 g/mol. The van der Waals surface area contributed by atoms with Crippen molar-refractivity contribution >= 4 is 140 Å².